The van der Waals surface area contributed by atoms with Gasteiger partial charge in [-0.25, -0.2) is 4.99 Å². The Morgan fingerprint density at radius 1 is 1.44 bits per heavy atom. The van der Waals surface area contributed by atoms with E-state index in [1.165, 1.54) is 12.3 Å². The first-order valence-corrected chi connectivity index (χ1v) is 8.38. The van der Waals surface area contributed by atoms with E-state index in [9.17, 15) is 19.8 Å². The van der Waals surface area contributed by atoms with Gasteiger partial charge in [-0.2, -0.15) is 0 Å². The van der Waals surface area contributed by atoms with Crippen molar-refractivity contribution in [1.82, 2.24) is 10.3 Å². The second-order valence-corrected chi connectivity index (χ2v) is 6.16. The third-order valence-corrected chi connectivity index (χ3v) is 4.18. The van der Waals surface area contributed by atoms with Gasteiger partial charge >= 0.3 is 0 Å². The first-order valence-electron chi connectivity index (χ1n) is 8.38. The second-order valence-electron chi connectivity index (χ2n) is 6.16. The lowest BCUT2D eigenvalue weighted by molar-refractivity contribution is -0.436. The maximum atomic E-state index is 12.2. The molecule has 0 saturated carbocycles. The molecule has 0 unspecified atom stereocenters. The molecule has 9 nitrogen and oxygen atoms in total. The Hall–Kier alpha value is -3.17. The van der Waals surface area contributed by atoms with E-state index in [0.717, 1.165) is 16.5 Å². The highest BCUT2D eigenvalue weighted by Gasteiger charge is 2.26. The fourth-order valence-electron chi connectivity index (χ4n) is 2.55. The highest BCUT2D eigenvalue weighted by molar-refractivity contribution is 5.99. The predicted molar refractivity (Wildman–Crippen MR) is 97.9 cm³/mol. The molecule has 1 heterocycles. The number of nitrogens with zero attached hydrogens (tertiary/aromatic N) is 1. The fourth-order valence-corrected chi connectivity index (χ4v) is 2.55. The number of carbonyl (C=O) groups is 2. The van der Waals surface area contributed by atoms with Crippen LogP contribution < -0.4 is 21.9 Å². The van der Waals surface area contributed by atoms with Gasteiger partial charge in [0.25, 0.3) is 5.91 Å². The molecule has 0 fully saturated rings. The van der Waals surface area contributed by atoms with Crippen LogP contribution in [0.1, 0.15) is 24.8 Å². The Bertz CT molecular complexity index is 874. The van der Waals surface area contributed by atoms with Gasteiger partial charge in [-0.15, -0.1) is 0 Å². The zero-order chi connectivity index (χ0) is 20.0. The Labute approximate surface area is 155 Å². The van der Waals surface area contributed by atoms with Crippen molar-refractivity contribution in [1.29, 1.82) is 0 Å². The zero-order valence-electron chi connectivity index (χ0n) is 14.9. The van der Waals surface area contributed by atoms with E-state index in [4.69, 9.17) is 5.73 Å². The minimum Gasteiger partial charge on any atom is -0.544 e. The van der Waals surface area contributed by atoms with Gasteiger partial charge in [-0.1, -0.05) is 31.2 Å². The first-order chi connectivity index (χ1) is 12.8. The minimum atomic E-state index is -1.33. The number of para-hydroxylation sites is 1. The standard InChI is InChI=1S/C18H23N5O4/c1-10(12-9-22-14-7-3-2-5-11(12)14)15(24)16(25)23-18(20)21-8-4-6-13(19)17(26)27/h2-5,7-10,13,15,22,24H,6,19H2,1H3,(H,26,27)(H3,20,21,23,25)/b8-4+/t10-,13+,15+/m1/s1. The highest BCUT2D eigenvalue weighted by Crippen LogP contribution is 2.27. The molecule has 0 aliphatic carbocycles. The summed E-state index contributed by atoms with van der Waals surface area (Å²) in [7, 11) is 0. The summed E-state index contributed by atoms with van der Waals surface area (Å²) in [5.41, 5.74) is 10.7. The van der Waals surface area contributed by atoms with Gasteiger partial charge in [0, 0.05) is 35.6 Å². The number of carboxylic acid groups (broad SMARTS) is 1. The third kappa shape index (κ3) is 5.16. The van der Waals surface area contributed by atoms with E-state index < -0.39 is 29.9 Å². The van der Waals surface area contributed by atoms with Gasteiger partial charge < -0.3 is 31.5 Å². The summed E-state index contributed by atoms with van der Waals surface area (Å²) in [6.07, 6.45) is 3.25. The van der Waals surface area contributed by atoms with Gasteiger partial charge in [-0.05, 0) is 11.6 Å². The van der Waals surface area contributed by atoms with Crippen molar-refractivity contribution in [3.05, 3.63) is 48.3 Å². The number of H-pyrrole nitrogens is 1. The van der Waals surface area contributed by atoms with E-state index in [1.807, 2.05) is 24.3 Å². The second kappa shape index (κ2) is 8.97. The van der Waals surface area contributed by atoms with Gasteiger partial charge in [0.1, 0.15) is 12.1 Å². The van der Waals surface area contributed by atoms with Crippen molar-refractivity contribution in [2.45, 2.75) is 31.4 Å². The fraction of sp³-hybridized carbons (Fsp3) is 0.278. The molecule has 0 aliphatic heterocycles. The van der Waals surface area contributed by atoms with E-state index in [0.29, 0.717) is 0 Å². The zero-order valence-corrected chi connectivity index (χ0v) is 14.9. The normalized spacial score (nSPS) is 15.6. The third-order valence-electron chi connectivity index (χ3n) is 4.18. The Morgan fingerprint density at radius 3 is 2.85 bits per heavy atom. The van der Waals surface area contributed by atoms with Crippen LogP contribution >= 0.6 is 0 Å². The number of amides is 1. The number of aliphatic hydroxyl groups is 1. The number of hydrogen-bond donors (Lipinski definition) is 5. The molecule has 2 aromatic rings. The average Bonchev–Trinajstić information content (AvgIpc) is 3.07. The number of benzene rings is 1. The van der Waals surface area contributed by atoms with Crippen molar-refractivity contribution in [3.63, 3.8) is 0 Å². The molecule has 1 amide bonds. The van der Waals surface area contributed by atoms with Crippen molar-refractivity contribution in [3.8, 4) is 0 Å². The van der Waals surface area contributed by atoms with Crippen molar-refractivity contribution in [2.75, 3.05) is 0 Å². The van der Waals surface area contributed by atoms with Crippen LogP contribution in [0.5, 0.6) is 0 Å². The Kier molecular flexibility index (Phi) is 6.69. The number of aliphatic hydroxyl groups excluding tert-OH is 1. The number of nitrogens with one attached hydrogen (secondary N) is 2. The van der Waals surface area contributed by atoms with E-state index in [2.05, 4.69) is 21.0 Å². The molecular formula is C18H23N5O4. The van der Waals surface area contributed by atoms with E-state index in [-0.39, 0.29) is 12.4 Å². The van der Waals surface area contributed by atoms with Crippen LogP contribution in [-0.2, 0) is 9.59 Å². The first kappa shape index (κ1) is 20.1. The number of hydrogen-bond acceptors (Lipinski definition) is 5. The van der Waals surface area contributed by atoms with Gasteiger partial charge in [0.15, 0.2) is 5.96 Å². The van der Waals surface area contributed by atoms with Crippen molar-refractivity contribution >= 4 is 28.7 Å². The van der Waals surface area contributed by atoms with Crippen LogP contribution in [0.15, 0.2) is 47.7 Å². The molecule has 0 aliphatic rings. The topological polar surface area (TPSA) is 171 Å². The van der Waals surface area contributed by atoms with E-state index in [1.54, 1.807) is 13.1 Å². The number of quaternary nitrogens is 1. The lowest BCUT2D eigenvalue weighted by Gasteiger charge is -2.17. The Morgan fingerprint density at radius 2 is 2.15 bits per heavy atom. The summed E-state index contributed by atoms with van der Waals surface area (Å²) < 4.78 is 0. The number of rotatable bonds is 7. The quantitative estimate of drug-likeness (QED) is 0.288. The summed E-state index contributed by atoms with van der Waals surface area (Å²) in [5.74, 6) is -2.64. The summed E-state index contributed by atoms with van der Waals surface area (Å²) in [6.45, 7) is 1.74. The van der Waals surface area contributed by atoms with Gasteiger partial charge in [0.05, 0.1) is 5.97 Å². The molecule has 9 heteroatoms. The lowest BCUT2D eigenvalue weighted by atomic mass is 9.94. The van der Waals surface area contributed by atoms with Crippen molar-refractivity contribution in [2.24, 2.45) is 10.7 Å². The molecule has 0 spiro atoms. The van der Waals surface area contributed by atoms with Crippen LogP contribution in [-0.4, -0.2) is 40.1 Å². The minimum absolute atomic E-state index is 0.118. The number of nitrogens with two attached hydrogens (primary N) is 1. The lowest BCUT2D eigenvalue weighted by Crippen LogP contribution is -2.68. The van der Waals surface area contributed by atoms with Gasteiger partial charge in [0.2, 0.25) is 0 Å². The molecule has 2 rings (SSSR count). The van der Waals surface area contributed by atoms with Crippen LogP contribution in [0.3, 0.4) is 0 Å². The summed E-state index contributed by atoms with van der Waals surface area (Å²) in [4.78, 5) is 29.6. The summed E-state index contributed by atoms with van der Waals surface area (Å²) in [5, 5.41) is 24.1. The van der Waals surface area contributed by atoms with Crippen LogP contribution in [0.25, 0.3) is 10.9 Å². The number of carboxylic acids is 1. The number of aromatic nitrogens is 1. The molecule has 1 aromatic heterocycles. The maximum absolute atomic E-state index is 12.2. The van der Waals surface area contributed by atoms with Crippen LogP contribution in [0.2, 0.25) is 0 Å². The molecule has 3 atom stereocenters. The number of aromatic amines is 1. The maximum Gasteiger partial charge on any atom is 0.256 e. The largest absolute Gasteiger partial charge is 0.544 e. The average molecular weight is 373 g/mol. The molecule has 0 radical (unpaired) electrons. The van der Waals surface area contributed by atoms with Gasteiger partial charge in [-0.3, -0.25) is 10.1 Å². The number of aliphatic carboxylic acids is 1. The molecular weight excluding hydrogens is 350 g/mol. The summed E-state index contributed by atoms with van der Waals surface area (Å²) in [6, 6.07) is 6.69. The Balaban J connectivity index is 1.97. The number of fused-ring (bicyclic) bond motifs is 1. The molecule has 8 N–H and O–H groups in total. The molecule has 1 aromatic carbocycles. The predicted octanol–water partition coefficient (Wildman–Crippen LogP) is -1.67. The number of aliphatic imine (C=N–C) groups is 1. The summed E-state index contributed by atoms with van der Waals surface area (Å²) >= 11 is 0. The molecule has 27 heavy (non-hydrogen) atoms. The molecule has 0 bridgehead atoms. The van der Waals surface area contributed by atoms with Crippen LogP contribution in [0, 0.1) is 0 Å². The monoisotopic (exact) mass is 373 g/mol. The molecule has 0 saturated heterocycles. The van der Waals surface area contributed by atoms with Crippen molar-refractivity contribution < 1.29 is 25.5 Å². The highest BCUT2D eigenvalue weighted by atomic mass is 16.4. The van der Waals surface area contributed by atoms with E-state index >= 15 is 0 Å². The molecule has 144 valence electrons. The SMILES string of the molecule is C[C@H](c1c[nH]c2ccccc12)[C@H](O)C(=O)NC(N)=N/C=C/C[C@H]([NH3+])C(=O)[O-]. The number of carbonyl (C=O) groups excluding carboxylic acids is 2. The number of guanidine groups is 1. The smallest absolute Gasteiger partial charge is 0.256 e. The van der Waals surface area contributed by atoms with Crippen LogP contribution in [0.4, 0.5) is 0 Å².